The van der Waals surface area contributed by atoms with Gasteiger partial charge in [-0.05, 0) is 5.16 Å². The Morgan fingerprint density at radius 3 is 2.80 bits per heavy atom. The van der Waals surface area contributed by atoms with E-state index in [2.05, 4.69) is 14.7 Å². The largest absolute Gasteiger partial charge is 0.491 e. The smallest absolute Gasteiger partial charge is 0.398 e. The Bertz CT molecular complexity index is 345. The van der Waals surface area contributed by atoms with Gasteiger partial charge in [0.2, 0.25) is 0 Å². The molecule has 0 N–H and O–H groups in total. The van der Waals surface area contributed by atoms with E-state index in [9.17, 15) is 22.8 Å². The first kappa shape index (κ1) is 11.2. The fourth-order valence-corrected chi connectivity index (χ4v) is 0.625. The van der Waals surface area contributed by atoms with Crippen LogP contribution in [0.15, 0.2) is 17.3 Å². The molecule has 8 heteroatoms. The quantitative estimate of drug-likeness (QED) is 0.452. The molecule has 82 valence electrons. The summed E-state index contributed by atoms with van der Waals surface area (Å²) >= 11 is 0. The first-order valence-electron chi connectivity index (χ1n) is 3.63. The Morgan fingerprint density at radius 1 is 1.53 bits per heavy atom. The van der Waals surface area contributed by atoms with Gasteiger partial charge in [0.05, 0.1) is 6.42 Å². The number of nitrogens with zero attached hydrogens (tertiary/aromatic N) is 1. The molecule has 0 bridgehead atoms. The van der Waals surface area contributed by atoms with E-state index in [1.54, 1.807) is 0 Å². The third-order valence-corrected chi connectivity index (χ3v) is 1.21. The standard InChI is InChI=1S/C7H4F3NO4/c8-7(9,10)6(13)14-4-2-1-3-5(12)15-11-4/h1-2H,3H2. The van der Waals surface area contributed by atoms with Crippen molar-refractivity contribution in [3.63, 3.8) is 0 Å². The van der Waals surface area contributed by atoms with Gasteiger partial charge in [-0.1, -0.05) is 6.08 Å². The molecular formula is C7H4F3NO4. The SMILES string of the molecule is O=C1CC=CC(OC(=O)C(F)(F)F)=NO1. The number of oxime groups is 1. The molecule has 0 amide bonds. The van der Waals surface area contributed by atoms with Crippen molar-refractivity contribution in [1.82, 2.24) is 0 Å². The van der Waals surface area contributed by atoms with Gasteiger partial charge in [0.1, 0.15) is 0 Å². The maximum Gasteiger partial charge on any atom is 0.491 e. The Labute approximate surface area is 81.1 Å². The summed E-state index contributed by atoms with van der Waals surface area (Å²) in [5, 5.41) is 2.89. The number of carbonyl (C=O) groups excluding carboxylic acids is 2. The zero-order valence-electron chi connectivity index (χ0n) is 7.08. The Kier molecular flexibility index (Phi) is 3.08. The highest BCUT2D eigenvalue weighted by Gasteiger charge is 2.42. The van der Waals surface area contributed by atoms with Crippen LogP contribution in [0.5, 0.6) is 0 Å². The van der Waals surface area contributed by atoms with Crippen molar-refractivity contribution in [3.05, 3.63) is 12.2 Å². The molecule has 0 spiro atoms. The van der Waals surface area contributed by atoms with Crippen LogP contribution >= 0.6 is 0 Å². The molecule has 1 heterocycles. The second kappa shape index (κ2) is 4.11. The lowest BCUT2D eigenvalue weighted by atomic mass is 10.4. The van der Waals surface area contributed by atoms with Crippen molar-refractivity contribution in [2.24, 2.45) is 5.16 Å². The molecule has 0 aliphatic carbocycles. The van der Waals surface area contributed by atoms with Crippen LogP contribution in [-0.4, -0.2) is 24.0 Å². The number of alkyl halides is 3. The van der Waals surface area contributed by atoms with Gasteiger partial charge in [-0.3, -0.25) is 0 Å². The van der Waals surface area contributed by atoms with Crippen LogP contribution in [0.25, 0.3) is 0 Å². The number of carbonyl (C=O) groups is 2. The summed E-state index contributed by atoms with van der Waals surface area (Å²) in [6.45, 7) is 0. The molecule has 0 aromatic heterocycles. The minimum Gasteiger partial charge on any atom is -0.398 e. The summed E-state index contributed by atoms with van der Waals surface area (Å²) in [4.78, 5) is 25.0. The molecule has 0 fully saturated rings. The zero-order valence-corrected chi connectivity index (χ0v) is 7.08. The van der Waals surface area contributed by atoms with Crippen molar-refractivity contribution < 1.29 is 32.3 Å². The summed E-state index contributed by atoms with van der Waals surface area (Å²) < 4.78 is 39.0. The third kappa shape index (κ3) is 3.41. The maximum absolute atomic E-state index is 11.7. The third-order valence-electron chi connectivity index (χ3n) is 1.21. The Hall–Kier alpha value is -1.86. The molecular weight excluding hydrogens is 219 g/mol. The lowest BCUT2D eigenvalue weighted by Crippen LogP contribution is -2.27. The van der Waals surface area contributed by atoms with E-state index in [4.69, 9.17) is 0 Å². The van der Waals surface area contributed by atoms with Gasteiger partial charge in [-0.15, -0.1) is 0 Å². The van der Waals surface area contributed by atoms with Gasteiger partial charge in [-0.25, -0.2) is 9.59 Å². The molecule has 15 heavy (non-hydrogen) atoms. The molecule has 0 atom stereocenters. The van der Waals surface area contributed by atoms with E-state index in [1.807, 2.05) is 0 Å². The highest BCUT2D eigenvalue weighted by atomic mass is 19.4. The average molecular weight is 223 g/mol. The van der Waals surface area contributed by atoms with Crippen LogP contribution < -0.4 is 0 Å². The second-order valence-corrected chi connectivity index (χ2v) is 2.39. The van der Waals surface area contributed by atoms with Gasteiger partial charge < -0.3 is 9.57 Å². The zero-order chi connectivity index (χ0) is 11.5. The van der Waals surface area contributed by atoms with Crippen molar-refractivity contribution in [3.8, 4) is 0 Å². The summed E-state index contributed by atoms with van der Waals surface area (Å²) in [5.41, 5.74) is 0. The first-order valence-corrected chi connectivity index (χ1v) is 3.63. The average Bonchev–Trinajstić information content (AvgIpc) is 2.29. The predicted octanol–water partition coefficient (Wildman–Crippen LogP) is 0.908. The van der Waals surface area contributed by atoms with Crippen molar-refractivity contribution in [2.75, 3.05) is 0 Å². The number of halogens is 3. The molecule has 1 aliphatic rings. The minimum absolute atomic E-state index is 0.156. The highest BCUT2D eigenvalue weighted by Crippen LogP contribution is 2.17. The van der Waals surface area contributed by atoms with Gasteiger partial charge in [0.25, 0.3) is 5.90 Å². The molecule has 0 saturated heterocycles. The van der Waals surface area contributed by atoms with E-state index in [0.29, 0.717) is 0 Å². The van der Waals surface area contributed by atoms with Crippen LogP contribution in [-0.2, 0) is 19.2 Å². The summed E-state index contributed by atoms with van der Waals surface area (Å²) in [7, 11) is 0. The lowest BCUT2D eigenvalue weighted by Gasteiger charge is -2.04. The van der Waals surface area contributed by atoms with Crippen LogP contribution in [0.4, 0.5) is 13.2 Å². The maximum atomic E-state index is 11.7. The van der Waals surface area contributed by atoms with Crippen molar-refractivity contribution >= 4 is 17.8 Å². The summed E-state index contributed by atoms with van der Waals surface area (Å²) in [6, 6.07) is 0. The summed E-state index contributed by atoms with van der Waals surface area (Å²) in [5.74, 6) is -3.91. The van der Waals surface area contributed by atoms with E-state index in [1.165, 1.54) is 0 Å². The number of esters is 1. The highest BCUT2D eigenvalue weighted by molar-refractivity contribution is 5.98. The molecule has 0 saturated carbocycles. The van der Waals surface area contributed by atoms with Gasteiger partial charge >= 0.3 is 18.1 Å². The molecule has 1 aliphatic heterocycles. The van der Waals surface area contributed by atoms with Crippen molar-refractivity contribution in [1.29, 1.82) is 0 Å². The van der Waals surface area contributed by atoms with Crippen LogP contribution in [0.1, 0.15) is 6.42 Å². The molecule has 5 nitrogen and oxygen atoms in total. The fourth-order valence-electron chi connectivity index (χ4n) is 0.625. The van der Waals surface area contributed by atoms with Crippen molar-refractivity contribution in [2.45, 2.75) is 12.6 Å². The monoisotopic (exact) mass is 223 g/mol. The van der Waals surface area contributed by atoms with E-state index < -0.39 is 24.0 Å². The first-order chi connectivity index (χ1) is 6.89. The van der Waals surface area contributed by atoms with Gasteiger partial charge in [-0.2, -0.15) is 13.2 Å². The van der Waals surface area contributed by atoms with Crippen LogP contribution in [0.3, 0.4) is 0 Å². The fraction of sp³-hybridized carbons (Fsp3) is 0.286. The number of ether oxygens (including phenoxy) is 1. The lowest BCUT2D eigenvalue weighted by molar-refractivity contribution is -0.191. The van der Waals surface area contributed by atoms with Gasteiger partial charge in [0, 0.05) is 6.08 Å². The molecule has 1 rings (SSSR count). The summed E-state index contributed by atoms with van der Waals surface area (Å²) in [6.07, 6.45) is -3.17. The van der Waals surface area contributed by atoms with E-state index in [-0.39, 0.29) is 6.42 Å². The number of hydrogen-bond acceptors (Lipinski definition) is 5. The second-order valence-electron chi connectivity index (χ2n) is 2.39. The topological polar surface area (TPSA) is 65.0 Å². The Morgan fingerprint density at radius 2 is 2.20 bits per heavy atom. The molecule has 0 radical (unpaired) electrons. The number of rotatable bonds is 0. The molecule has 0 aromatic carbocycles. The van der Waals surface area contributed by atoms with E-state index in [0.717, 1.165) is 12.2 Å². The predicted molar refractivity (Wildman–Crippen MR) is 39.4 cm³/mol. The van der Waals surface area contributed by atoms with Crippen LogP contribution in [0, 0.1) is 0 Å². The molecule has 0 unspecified atom stereocenters. The number of hydrogen-bond donors (Lipinski definition) is 0. The molecule has 0 aromatic rings. The van der Waals surface area contributed by atoms with E-state index >= 15 is 0 Å². The minimum atomic E-state index is -5.12. The van der Waals surface area contributed by atoms with Gasteiger partial charge in [0.15, 0.2) is 0 Å². The van der Waals surface area contributed by atoms with Crippen LogP contribution in [0.2, 0.25) is 0 Å². The normalized spacial score (nSPS) is 16.5. The Balaban J connectivity index is 2.66.